The number of rotatable bonds is 5. The second kappa shape index (κ2) is 6.11. The van der Waals surface area contributed by atoms with Gasteiger partial charge in [-0.15, -0.1) is 0 Å². The highest BCUT2D eigenvalue weighted by atomic mass is 16.5. The molecule has 0 saturated heterocycles. The van der Waals surface area contributed by atoms with E-state index >= 15 is 0 Å². The number of aromatic nitrogens is 3. The summed E-state index contributed by atoms with van der Waals surface area (Å²) in [4.78, 5) is 18.9. The lowest BCUT2D eigenvalue weighted by Crippen LogP contribution is -2.24. The Bertz CT molecular complexity index is 599. The van der Waals surface area contributed by atoms with Crippen LogP contribution in [0.1, 0.15) is 24.6 Å². The van der Waals surface area contributed by atoms with Crippen molar-refractivity contribution in [2.24, 2.45) is 0 Å². The number of nitrogens with zero attached hydrogens (tertiary/aromatic N) is 3. The first-order valence-electron chi connectivity index (χ1n) is 5.87. The SMILES string of the molecule is COCc1cc(-c2noc(C(C)NC(=O)O)n2)ccn1. The predicted octanol–water partition coefficient (Wildman–Crippen LogP) is 1.61. The first-order valence-corrected chi connectivity index (χ1v) is 5.87. The number of carbonyl (C=O) groups is 1. The van der Waals surface area contributed by atoms with Gasteiger partial charge in [-0.2, -0.15) is 4.98 Å². The third kappa shape index (κ3) is 3.29. The van der Waals surface area contributed by atoms with E-state index < -0.39 is 12.1 Å². The molecule has 2 heterocycles. The molecule has 8 heteroatoms. The Labute approximate surface area is 114 Å². The van der Waals surface area contributed by atoms with E-state index in [1.54, 1.807) is 32.4 Å². The van der Waals surface area contributed by atoms with Crippen molar-refractivity contribution < 1.29 is 19.2 Å². The fourth-order valence-electron chi connectivity index (χ4n) is 1.62. The number of pyridine rings is 1. The highest BCUT2D eigenvalue weighted by Gasteiger charge is 2.17. The first kappa shape index (κ1) is 13.9. The van der Waals surface area contributed by atoms with Crippen LogP contribution in [0.5, 0.6) is 0 Å². The van der Waals surface area contributed by atoms with Crippen molar-refractivity contribution in [3.05, 3.63) is 29.9 Å². The van der Waals surface area contributed by atoms with Crippen LogP contribution in [0.15, 0.2) is 22.9 Å². The zero-order valence-electron chi connectivity index (χ0n) is 11.0. The van der Waals surface area contributed by atoms with E-state index in [9.17, 15) is 4.79 Å². The molecule has 20 heavy (non-hydrogen) atoms. The van der Waals surface area contributed by atoms with Gasteiger partial charge in [-0.25, -0.2) is 4.79 Å². The fraction of sp³-hybridized carbons (Fsp3) is 0.333. The maximum Gasteiger partial charge on any atom is 0.405 e. The second-order valence-corrected chi connectivity index (χ2v) is 4.10. The number of amides is 1. The molecule has 1 atom stereocenters. The minimum absolute atomic E-state index is 0.201. The maximum atomic E-state index is 10.6. The molecule has 2 aromatic rings. The molecule has 0 aliphatic rings. The highest BCUT2D eigenvalue weighted by molar-refractivity contribution is 5.65. The van der Waals surface area contributed by atoms with Crippen LogP contribution in [0.4, 0.5) is 4.79 Å². The Balaban J connectivity index is 2.19. The summed E-state index contributed by atoms with van der Waals surface area (Å²) in [5.74, 6) is 0.575. The van der Waals surface area contributed by atoms with Gasteiger partial charge in [0.25, 0.3) is 0 Å². The molecule has 0 bridgehead atoms. The molecule has 2 rings (SSSR count). The normalized spacial score (nSPS) is 12.1. The average Bonchev–Trinajstić information content (AvgIpc) is 2.88. The molecule has 0 spiro atoms. The van der Waals surface area contributed by atoms with E-state index in [2.05, 4.69) is 20.4 Å². The third-order valence-corrected chi connectivity index (χ3v) is 2.52. The summed E-state index contributed by atoms with van der Waals surface area (Å²) < 4.78 is 10.0. The average molecular weight is 278 g/mol. The van der Waals surface area contributed by atoms with Crippen LogP contribution in [0.3, 0.4) is 0 Å². The molecule has 1 amide bonds. The molecule has 1 unspecified atom stereocenters. The molecule has 0 saturated carbocycles. The van der Waals surface area contributed by atoms with Crippen LogP contribution < -0.4 is 5.32 Å². The lowest BCUT2D eigenvalue weighted by Gasteiger charge is -2.04. The van der Waals surface area contributed by atoms with Crippen LogP contribution in [-0.2, 0) is 11.3 Å². The molecule has 106 valence electrons. The summed E-state index contributed by atoms with van der Waals surface area (Å²) in [5.41, 5.74) is 1.47. The number of hydrogen-bond donors (Lipinski definition) is 2. The Morgan fingerprint density at radius 3 is 3.10 bits per heavy atom. The Hall–Kier alpha value is -2.48. The predicted molar refractivity (Wildman–Crippen MR) is 67.8 cm³/mol. The Morgan fingerprint density at radius 1 is 1.60 bits per heavy atom. The number of methoxy groups -OCH3 is 1. The highest BCUT2D eigenvalue weighted by Crippen LogP contribution is 2.19. The quantitative estimate of drug-likeness (QED) is 0.854. The van der Waals surface area contributed by atoms with Gasteiger partial charge >= 0.3 is 6.09 Å². The largest absolute Gasteiger partial charge is 0.465 e. The fourth-order valence-corrected chi connectivity index (χ4v) is 1.62. The molecule has 0 aliphatic heterocycles. The second-order valence-electron chi connectivity index (χ2n) is 4.10. The molecule has 0 aromatic carbocycles. The van der Waals surface area contributed by atoms with Crippen LogP contribution >= 0.6 is 0 Å². The van der Waals surface area contributed by atoms with Gasteiger partial charge in [0.05, 0.1) is 12.3 Å². The molecule has 0 aliphatic carbocycles. The van der Waals surface area contributed by atoms with Crippen LogP contribution in [0, 0.1) is 0 Å². The van der Waals surface area contributed by atoms with Gasteiger partial charge < -0.3 is 19.7 Å². The van der Waals surface area contributed by atoms with E-state index in [-0.39, 0.29) is 5.89 Å². The lowest BCUT2D eigenvalue weighted by atomic mass is 10.2. The molecule has 2 aromatic heterocycles. The minimum Gasteiger partial charge on any atom is -0.465 e. The summed E-state index contributed by atoms with van der Waals surface area (Å²) in [7, 11) is 1.58. The van der Waals surface area contributed by atoms with Gasteiger partial charge in [-0.05, 0) is 19.1 Å². The third-order valence-electron chi connectivity index (χ3n) is 2.52. The van der Waals surface area contributed by atoms with Crippen molar-refractivity contribution in [1.82, 2.24) is 20.4 Å². The smallest absolute Gasteiger partial charge is 0.405 e. The van der Waals surface area contributed by atoms with Crippen molar-refractivity contribution in [3.8, 4) is 11.4 Å². The Morgan fingerprint density at radius 2 is 2.40 bits per heavy atom. The Kier molecular flexibility index (Phi) is 4.26. The van der Waals surface area contributed by atoms with E-state index in [0.717, 1.165) is 11.3 Å². The molecule has 0 fully saturated rings. The van der Waals surface area contributed by atoms with Gasteiger partial charge in [0.15, 0.2) is 0 Å². The zero-order chi connectivity index (χ0) is 14.5. The van der Waals surface area contributed by atoms with Gasteiger partial charge in [0, 0.05) is 18.9 Å². The van der Waals surface area contributed by atoms with Crippen LogP contribution in [0.25, 0.3) is 11.4 Å². The first-order chi connectivity index (χ1) is 9.60. The van der Waals surface area contributed by atoms with E-state index in [1.165, 1.54) is 0 Å². The number of ether oxygens (including phenoxy) is 1. The summed E-state index contributed by atoms with van der Waals surface area (Å²) >= 11 is 0. The molecule has 8 nitrogen and oxygen atoms in total. The molecular formula is C12H14N4O4. The maximum absolute atomic E-state index is 10.6. The van der Waals surface area contributed by atoms with Crippen molar-refractivity contribution in [2.45, 2.75) is 19.6 Å². The minimum atomic E-state index is -1.15. The summed E-state index contributed by atoms with van der Waals surface area (Å²) in [5, 5.41) is 14.7. The van der Waals surface area contributed by atoms with Crippen LogP contribution in [-0.4, -0.2) is 33.4 Å². The van der Waals surface area contributed by atoms with Crippen molar-refractivity contribution in [1.29, 1.82) is 0 Å². The zero-order valence-corrected chi connectivity index (χ0v) is 11.0. The van der Waals surface area contributed by atoms with Crippen LogP contribution in [0.2, 0.25) is 0 Å². The number of carboxylic acid groups (broad SMARTS) is 1. The summed E-state index contributed by atoms with van der Waals surface area (Å²) in [6, 6.07) is 2.95. The van der Waals surface area contributed by atoms with Gasteiger partial charge in [0.2, 0.25) is 11.7 Å². The van der Waals surface area contributed by atoms with E-state index in [0.29, 0.717) is 12.4 Å². The topological polar surface area (TPSA) is 110 Å². The van der Waals surface area contributed by atoms with Crippen molar-refractivity contribution in [2.75, 3.05) is 7.11 Å². The van der Waals surface area contributed by atoms with Crippen molar-refractivity contribution in [3.63, 3.8) is 0 Å². The van der Waals surface area contributed by atoms with Gasteiger partial charge in [0.1, 0.15) is 6.04 Å². The summed E-state index contributed by atoms with van der Waals surface area (Å²) in [6.07, 6.45) is 0.474. The monoisotopic (exact) mass is 278 g/mol. The van der Waals surface area contributed by atoms with Crippen molar-refractivity contribution >= 4 is 6.09 Å². The lowest BCUT2D eigenvalue weighted by molar-refractivity contribution is 0.181. The summed E-state index contributed by atoms with van der Waals surface area (Å²) in [6.45, 7) is 2.00. The molecular weight excluding hydrogens is 264 g/mol. The van der Waals surface area contributed by atoms with Gasteiger partial charge in [-0.3, -0.25) is 4.98 Å². The molecule has 2 N–H and O–H groups in total. The van der Waals surface area contributed by atoms with E-state index in [1.807, 2.05) is 0 Å². The van der Waals surface area contributed by atoms with E-state index in [4.69, 9.17) is 14.4 Å². The standard InChI is InChI=1S/C12H14N4O4/c1-7(14-12(17)18)11-15-10(16-20-11)8-3-4-13-9(5-8)6-19-2/h3-5,7,14H,6H2,1-2H3,(H,17,18). The number of nitrogens with one attached hydrogen (secondary N) is 1. The number of hydrogen-bond acceptors (Lipinski definition) is 6. The molecule has 0 radical (unpaired) electrons. The van der Waals surface area contributed by atoms with Gasteiger partial charge in [-0.1, -0.05) is 5.16 Å².